The third kappa shape index (κ3) is 5.51. The first-order chi connectivity index (χ1) is 16.4. The average Bonchev–Trinajstić information content (AvgIpc) is 2.83. The number of rotatable bonds is 7. The van der Waals surface area contributed by atoms with E-state index in [1.165, 1.54) is 17.0 Å². The number of carboxylic acid groups (broad SMARTS) is 2. The van der Waals surface area contributed by atoms with Gasteiger partial charge in [0, 0.05) is 25.4 Å². The van der Waals surface area contributed by atoms with Gasteiger partial charge in [-0.1, -0.05) is 59.8 Å². The van der Waals surface area contributed by atoms with Crippen molar-refractivity contribution in [2.45, 2.75) is 18.8 Å². The Bertz CT molecular complexity index is 1210. The van der Waals surface area contributed by atoms with Crippen LogP contribution in [0.25, 0.3) is 10.8 Å². The third-order valence-electron chi connectivity index (χ3n) is 6.18. The zero-order chi connectivity index (χ0) is 24.1. The number of carbonyl (C=O) groups is 2. The van der Waals surface area contributed by atoms with Gasteiger partial charge in [0.05, 0.1) is 5.71 Å². The summed E-state index contributed by atoms with van der Waals surface area (Å²) in [7, 11) is 0. The first-order valence-corrected chi connectivity index (χ1v) is 11.0. The van der Waals surface area contributed by atoms with E-state index in [1.807, 2.05) is 42.5 Å². The fourth-order valence-electron chi connectivity index (χ4n) is 4.53. The number of carboxylic acids is 1. The highest BCUT2D eigenvalue weighted by molar-refractivity contribution is 5.91. The molecule has 8 heteroatoms. The second-order valence-electron chi connectivity index (χ2n) is 8.39. The van der Waals surface area contributed by atoms with E-state index in [2.05, 4.69) is 5.16 Å². The van der Waals surface area contributed by atoms with Crippen LogP contribution < -0.4 is 0 Å². The van der Waals surface area contributed by atoms with Gasteiger partial charge in [0.15, 0.2) is 0 Å². The molecule has 0 saturated carbocycles. The molecule has 3 aromatic rings. The molecule has 34 heavy (non-hydrogen) atoms. The monoisotopic (exact) mass is 464 g/mol. The fourth-order valence-corrected chi connectivity index (χ4v) is 4.53. The smallest absolute Gasteiger partial charge is 0.407 e. The molecule has 1 saturated heterocycles. The van der Waals surface area contributed by atoms with Crippen molar-refractivity contribution in [2.24, 2.45) is 11.1 Å². The number of halogens is 1. The average molecular weight is 464 g/mol. The lowest BCUT2D eigenvalue weighted by molar-refractivity contribution is -0.142. The van der Waals surface area contributed by atoms with Crippen LogP contribution in [0.3, 0.4) is 0 Å². The minimum Gasteiger partial charge on any atom is -0.479 e. The van der Waals surface area contributed by atoms with Crippen molar-refractivity contribution in [2.75, 3.05) is 19.7 Å². The van der Waals surface area contributed by atoms with E-state index in [-0.39, 0.29) is 24.2 Å². The summed E-state index contributed by atoms with van der Waals surface area (Å²) in [5.74, 6) is -1.99. The van der Waals surface area contributed by atoms with Crippen molar-refractivity contribution in [1.29, 1.82) is 0 Å². The summed E-state index contributed by atoms with van der Waals surface area (Å²) in [6, 6.07) is 20.1. The standard InChI is InChI=1S/C26H25FN2O5/c27-21-9-7-19(8-10-21)22-11-12-29(26(32)33)15-23(22)24(28-34-16-25(30)31)14-17-5-6-18-3-1-2-4-20(18)13-17/h1-10,13,22-23H,11-12,14-16H2,(H,30,31)(H,32,33). The zero-order valence-electron chi connectivity index (χ0n) is 18.4. The second-order valence-corrected chi connectivity index (χ2v) is 8.39. The van der Waals surface area contributed by atoms with E-state index in [0.29, 0.717) is 25.1 Å². The molecule has 2 N–H and O–H groups in total. The first-order valence-electron chi connectivity index (χ1n) is 11.0. The summed E-state index contributed by atoms with van der Waals surface area (Å²) in [6.07, 6.45) is -0.141. The summed E-state index contributed by atoms with van der Waals surface area (Å²) in [5, 5.41) is 24.9. The normalized spacial score (nSPS) is 18.6. The van der Waals surface area contributed by atoms with E-state index < -0.39 is 18.7 Å². The molecule has 2 unspecified atom stereocenters. The Kier molecular flexibility index (Phi) is 7.06. The van der Waals surface area contributed by atoms with E-state index in [9.17, 15) is 19.1 Å². The molecule has 3 aromatic carbocycles. The highest BCUT2D eigenvalue weighted by Crippen LogP contribution is 2.35. The predicted molar refractivity (Wildman–Crippen MR) is 126 cm³/mol. The first kappa shape index (κ1) is 23.2. The van der Waals surface area contributed by atoms with Gasteiger partial charge in [-0.25, -0.2) is 14.0 Å². The van der Waals surface area contributed by atoms with Gasteiger partial charge in [-0.15, -0.1) is 0 Å². The van der Waals surface area contributed by atoms with Gasteiger partial charge in [-0.05, 0) is 46.4 Å². The van der Waals surface area contributed by atoms with E-state index in [4.69, 9.17) is 9.94 Å². The topological polar surface area (TPSA) is 99.4 Å². The number of amides is 1. The lowest BCUT2D eigenvalue weighted by Gasteiger charge is -2.38. The molecule has 7 nitrogen and oxygen atoms in total. The molecular formula is C26H25FN2O5. The molecule has 1 aliphatic heterocycles. The number of likely N-dealkylation sites (tertiary alicyclic amines) is 1. The Morgan fingerprint density at radius 1 is 1.03 bits per heavy atom. The fraction of sp³-hybridized carbons (Fsp3) is 0.269. The molecule has 0 bridgehead atoms. The molecule has 0 spiro atoms. The van der Waals surface area contributed by atoms with Crippen LogP contribution in [0.5, 0.6) is 0 Å². The Balaban J connectivity index is 1.70. The molecule has 176 valence electrons. The number of piperidine rings is 1. The zero-order valence-corrected chi connectivity index (χ0v) is 18.4. The molecule has 1 aliphatic rings. The van der Waals surface area contributed by atoms with Crippen molar-refractivity contribution in [3.63, 3.8) is 0 Å². The molecule has 4 rings (SSSR count). The maximum absolute atomic E-state index is 13.5. The number of hydrogen-bond acceptors (Lipinski definition) is 4. The van der Waals surface area contributed by atoms with Crippen LogP contribution in [0.1, 0.15) is 23.5 Å². The minimum absolute atomic E-state index is 0.121. The number of nitrogens with zero attached hydrogens (tertiary/aromatic N) is 2. The maximum atomic E-state index is 13.5. The van der Waals surface area contributed by atoms with Gasteiger partial charge >= 0.3 is 12.1 Å². The summed E-state index contributed by atoms with van der Waals surface area (Å²) in [5.41, 5.74) is 2.37. The van der Waals surface area contributed by atoms with Crippen molar-refractivity contribution in [3.8, 4) is 0 Å². The highest BCUT2D eigenvalue weighted by Gasteiger charge is 2.36. The van der Waals surface area contributed by atoms with Crippen LogP contribution in [0.15, 0.2) is 71.9 Å². The molecule has 1 amide bonds. The lowest BCUT2D eigenvalue weighted by atomic mass is 9.76. The number of benzene rings is 3. The Morgan fingerprint density at radius 3 is 2.47 bits per heavy atom. The van der Waals surface area contributed by atoms with Gasteiger partial charge in [0.2, 0.25) is 6.61 Å². The Hall–Kier alpha value is -3.94. The summed E-state index contributed by atoms with van der Waals surface area (Å²) in [6.45, 7) is -0.0782. The number of fused-ring (bicyclic) bond motifs is 1. The largest absolute Gasteiger partial charge is 0.479 e. The van der Waals surface area contributed by atoms with Crippen molar-refractivity contribution in [1.82, 2.24) is 4.90 Å². The molecular weight excluding hydrogens is 439 g/mol. The Labute approximate surface area is 196 Å². The van der Waals surface area contributed by atoms with Crippen LogP contribution >= 0.6 is 0 Å². The minimum atomic E-state index is -1.15. The molecule has 1 fully saturated rings. The molecule has 0 radical (unpaired) electrons. The van der Waals surface area contributed by atoms with E-state index in [0.717, 1.165) is 21.9 Å². The van der Waals surface area contributed by atoms with Gasteiger partial charge in [-0.2, -0.15) is 0 Å². The SMILES string of the molecule is O=C(O)CON=C(Cc1ccc2ccccc2c1)C1CN(C(=O)O)CCC1c1ccc(F)cc1. The van der Waals surface area contributed by atoms with Crippen molar-refractivity contribution >= 4 is 28.5 Å². The predicted octanol–water partition coefficient (Wildman–Crippen LogP) is 4.76. The summed E-state index contributed by atoms with van der Waals surface area (Å²) in [4.78, 5) is 29.2. The summed E-state index contributed by atoms with van der Waals surface area (Å²) >= 11 is 0. The van der Waals surface area contributed by atoms with Crippen LogP contribution in [-0.4, -0.2) is 52.6 Å². The van der Waals surface area contributed by atoms with Crippen molar-refractivity contribution < 1.29 is 29.0 Å². The highest BCUT2D eigenvalue weighted by atomic mass is 19.1. The third-order valence-corrected chi connectivity index (χ3v) is 6.18. The van der Waals surface area contributed by atoms with Gasteiger partial charge < -0.3 is 20.0 Å². The van der Waals surface area contributed by atoms with Gasteiger partial charge in [-0.3, -0.25) is 0 Å². The van der Waals surface area contributed by atoms with Crippen LogP contribution in [-0.2, 0) is 16.1 Å². The van der Waals surface area contributed by atoms with Gasteiger partial charge in [0.25, 0.3) is 0 Å². The molecule has 1 heterocycles. The van der Waals surface area contributed by atoms with Gasteiger partial charge in [0.1, 0.15) is 5.82 Å². The van der Waals surface area contributed by atoms with Crippen LogP contribution in [0.4, 0.5) is 9.18 Å². The van der Waals surface area contributed by atoms with Crippen LogP contribution in [0, 0.1) is 11.7 Å². The number of oxime groups is 1. The molecule has 0 aromatic heterocycles. The van der Waals surface area contributed by atoms with Crippen molar-refractivity contribution in [3.05, 3.63) is 83.7 Å². The Morgan fingerprint density at radius 2 is 1.76 bits per heavy atom. The lowest BCUT2D eigenvalue weighted by Crippen LogP contribution is -2.45. The van der Waals surface area contributed by atoms with Crippen LogP contribution in [0.2, 0.25) is 0 Å². The molecule has 0 aliphatic carbocycles. The maximum Gasteiger partial charge on any atom is 0.407 e. The summed E-state index contributed by atoms with van der Waals surface area (Å²) < 4.78 is 13.5. The van der Waals surface area contributed by atoms with E-state index >= 15 is 0 Å². The van der Waals surface area contributed by atoms with E-state index in [1.54, 1.807) is 12.1 Å². The second kappa shape index (κ2) is 10.3. The number of hydrogen-bond donors (Lipinski definition) is 2. The molecule has 2 atom stereocenters. The quantitative estimate of drug-likeness (QED) is 0.388. The number of aliphatic carboxylic acids is 1.